The Kier molecular flexibility index (Phi) is 3.57. The van der Waals surface area contributed by atoms with Crippen LogP contribution in [-0.4, -0.2) is 43.3 Å². The maximum Gasteiger partial charge on any atom is 0.259 e. The molecule has 2 unspecified atom stereocenters. The summed E-state index contributed by atoms with van der Waals surface area (Å²) in [5, 5.41) is 9.22. The zero-order chi connectivity index (χ0) is 18.4. The van der Waals surface area contributed by atoms with Gasteiger partial charge in [-0.3, -0.25) is 29.8 Å². The van der Waals surface area contributed by atoms with Crippen LogP contribution in [0.1, 0.15) is 56.6 Å². The van der Waals surface area contributed by atoms with Gasteiger partial charge in [0.2, 0.25) is 11.8 Å². The largest absolute Gasteiger partial charge is 0.314 e. The van der Waals surface area contributed by atoms with E-state index < -0.39 is 23.6 Å². The highest BCUT2D eigenvalue weighted by atomic mass is 16.2. The van der Waals surface area contributed by atoms with Gasteiger partial charge in [0, 0.05) is 32.1 Å². The molecule has 2 saturated heterocycles. The van der Waals surface area contributed by atoms with Crippen LogP contribution in [0.25, 0.3) is 0 Å². The Morgan fingerprint density at radius 3 is 2.64 bits per heavy atom. The van der Waals surface area contributed by atoms with Crippen LogP contribution in [0, 0.1) is 0 Å². The van der Waals surface area contributed by atoms with Gasteiger partial charge in [-0.1, -0.05) is 6.07 Å². The Morgan fingerprint density at radius 2 is 1.88 bits per heavy atom. The third-order valence-corrected chi connectivity index (χ3v) is 4.90. The van der Waals surface area contributed by atoms with Crippen LogP contribution >= 0.6 is 0 Å². The lowest BCUT2D eigenvalue weighted by atomic mass is 9.80. The van der Waals surface area contributed by atoms with Crippen molar-refractivity contribution in [2.45, 2.75) is 24.8 Å². The molecule has 1 aromatic rings. The van der Waals surface area contributed by atoms with Crippen LogP contribution in [0.5, 0.6) is 0 Å². The van der Waals surface area contributed by atoms with E-state index in [-0.39, 0.29) is 35.9 Å². The molecule has 3 aliphatic heterocycles. The van der Waals surface area contributed by atoms with Crippen molar-refractivity contribution in [3.63, 3.8) is 0 Å². The molecule has 2 atom stereocenters. The lowest BCUT2D eigenvalue weighted by Gasteiger charge is -2.31. The number of amides is 4. The van der Waals surface area contributed by atoms with Crippen molar-refractivity contribution < 1.29 is 20.6 Å². The molecule has 8 nitrogen and oxygen atoms in total. The van der Waals surface area contributed by atoms with Gasteiger partial charge in [-0.05, 0) is 23.6 Å². The fourth-order valence-corrected chi connectivity index (χ4v) is 3.75. The lowest BCUT2D eigenvalue weighted by Crippen LogP contribution is -2.44. The number of benzene rings is 1. The van der Waals surface area contributed by atoms with E-state index in [2.05, 4.69) is 16.0 Å². The molecule has 0 spiro atoms. The molecule has 3 heterocycles. The molecule has 8 heteroatoms. The Balaban J connectivity index is 1.88. The summed E-state index contributed by atoms with van der Waals surface area (Å²) in [6, 6.07) is 2.94. The number of imide groups is 2. The average molecular weight is 343 g/mol. The number of piperidine rings is 1. The number of piperazine rings is 1. The molecule has 4 rings (SSSR count). The molecule has 0 saturated carbocycles. The van der Waals surface area contributed by atoms with Gasteiger partial charge in [-0.2, -0.15) is 0 Å². The molecule has 3 aliphatic rings. The molecule has 1 aromatic carbocycles. The van der Waals surface area contributed by atoms with Crippen LogP contribution in [-0.2, 0) is 9.59 Å². The quantitative estimate of drug-likeness (QED) is 0.529. The summed E-state index contributed by atoms with van der Waals surface area (Å²) in [6.07, 6.45) is 0.441. The monoisotopic (exact) mass is 343 g/mol. The third-order valence-electron chi connectivity index (χ3n) is 4.90. The predicted molar refractivity (Wildman–Crippen MR) is 87.0 cm³/mol. The number of rotatable bonds is 2. The first-order valence-electron chi connectivity index (χ1n) is 8.74. The molecule has 2 fully saturated rings. The van der Waals surface area contributed by atoms with Crippen molar-refractivity contribution in [2.75, 3.05) is 19.6 Å². The Hall–Kier alpha value is -2.58. The molecule has 4 N–H and O–H groups in total. The second-order valence-corrected chi connectivity index (χ2v) is 6.40. The maximum atomic E-state index is 12.5. The van der Waals surface area contributed by atoms with Crippen LogP contribution < -0.4 is 21.3 Å². The smallest absolute Gasteiger partial charge is 0.259 e. The number of hydrogen-bond acceptors (Lipinski definition) is 6. The van der Waals surface area contributed by atoms with Crippen molar-refractivity contribution in [3.8, 4) is 0 Å². The topological polar surface area (TPSA) is 116 Å². The van der Waals surface area contributed by atoms with E-state index >= 15 is 0 Å². The summed E-state index contributed by atoms with van der Waals surface area (Å²) in [5.74, 6) is -2.54. The summed E-state index contributed by atoms with van der Waals surface area (Å²) in [6.45, 7) is 1.68. The zero-order valence-corrected chi connectivity index (χ0v) is 13.4. The molecule has 4 amide bonds. The Morgan fingerprint density at radius 1 is 1.04 bits per heavy atom. The molecule has 0 aliphatic carbocycles. The minimum Gasteiger partial charge on any atom is -0.314 e. The average Bonchev–Trinajstić information content (AvgIpc) is 2.89. The van der Waals surface area contributed by atoms with E-state index in [1.54, 1.807) is 12.1 Å². The molecule has 25 heavy (non-hydrogen) atoms. The van der Waals surface area contributed by atoms with Crippen LogP contribution in [0.4, 0.5) is 0 Å². The number of nitrogens with one attached hydrogen (secondary N) is 4. The van der Waals surface area contributed by atoms with Crippen LogP contribution in [0.2, 0.25) is 1.41 Å². The van der Waals surface area contributed by atoms with E-state index in [1.165, 1.54) is 5.31 Å². The molecule has 0 bridgehead atoms. The predicted octanol–water partition coefficient (Wildman–Crippen LogP) is -0.676. The summed E-state index contributed by atoms with van der Waals surface area (Å²) in [7, 11) is 0. The van der Waals surface area contributed by atoms with Crippen molar-refractivity contribution in [3.05, 3.63) is 34.4 Å². The van der Waals surface area contributed by atoms with E-state index in [4.69, 9.17) is 1.41 Å². The molecular formula is C17H18N4O4. The van der Waals surface area contributed by atoms with Crippen molar-refractivity contribution in [2.24, 2.45) is 0 Å². The van der Waals surface area contributed by atoms with Gasteiger partial charge in [0.1, 0.15) is 1.41 Å². The third kappa shape index (κ3) is 2.63. The fourth-order valence-electron chi connectivity index (χ4n) is 3.75. The number of fused-ring (bicyclic) bond motifs is 1. The van der Waals surface area contributed by atoms with E-state index in [1.807, 2.05) is 0 Å². The standard InChI is InChI=1S/C17H18N4O4/c22-12-4-3-9(15(23)20-12)13-8(11-7-18-5-6-19-11)1-2-10-14(13)17(25)21-16(10)24/h1-2,9,11,18-19H,3-7H2,(H,20,22,23)(H,21,24,25)/i/hD. The first-order valence-corrected chi connectivity index (χ1v) is 8.29. The second-order valence-electron chi connectivity index (χ2n) is 6.40. The molecular weight excluding hydrogens is 324 g/mol. The fraction of sp³-hybridized carbons (Fsp3) is 0.412. The van der Waals surface area contributed by atoms with Crippen molar-refractivity contribution in [1.29, 1.82) is 0 Å². The highest BCUT2D eigenvalue weighted by molar-refractivity contribution is 6.23. The summed E-state index contributed by atoms with van der Waals surface area (Å²) in [5.41, 5.74) is 1.56. The molecule has 130 valence electrons. The number of carbonyl (C=O) groups excluding carboxylic acids is 4. The van der Waals surface area contributed by atoms with E-state index in [0.717, 1.165) is 0 Å². The highest BCUT2D eigenvalue weighted by Crippen LogP contribution is 2.37. The maximum absolute atomic E-state index is 12.5. The molecule has 0 radical (unpaired) electrons. The highest BCUT2D eigenvalue weighted by Gasteiger charge is 2.39. The van der Waals surface area contributed by atoms with Crippen molar-refractivity contribution in [1.82, 2.24) is 21.3 Å². The first kappa shape index (κ1) is 14.7. The van der Waals surface area contributed by atoms with Gasteiger partial charge in [0.05, 0.1) is 17.0 Å². The number of hydrogen-bond donors (Lipinski definition) is 4. The first-order chi connectivity index (χ1) is 12.5. The second kappa shape index (κ2) is 6.05. The minimum absolute atomic E-state index is 0.169. The van der Waals surface area contributed by atoms with Gasteiger partial charge in [-0.25, -0.2) is 0 Å². The van der Waals surface area contributed by atoms with Gasteiger partial charge in [0.25, 0.3) is 11.8 Å². The van der Waals surface area contributed by atoms with Gasteiger partial charge in [0.15, 0.2) is 0 Å². The van der Waals surface area contributed by atoms with Crippen molar-refractivity contribution >= 4 is 23.6 Å². The van der Waals surface area contributed by atoms with Crippen LogP contribution in [0.15, 0.2) is 12.1 Å². The summed E-state index contributed by atoms with van der Waals surface area (Å²) >= 11 is 0. The summed E-state index contributed by atoms with van der Waals surface area (Å²) < 4.78 is 8.22. The van der Waals surface area contributed by atoms with Gasteiger partial charge in [-0.15, -0.1) is 0 Å². The Bertz CT molecular complexity index is 840. The Labute approximate surface area is 145 Å². The number of carbonyl (C=O) groups is 4. The van der Waals surface area contributed by atoms with Crippen LogP contribution in [0.3, 0.4) is 0 Å². The van der Waals surface area contributed by atoms with E-state index in [9.17, 15) is 19.2 Å². The van der Waals surface area contributed by atoms with Gasteiger partial charge < -0.3 is 10.6 Å². The normalized spacial score (nSPS) is 27.6. The zero-order valence-electron chi connectivity index (χ0n) is 14.4. The SMILES string of the molecule is [2H]N1CCNCC1c1ccc2c(c1C1CCC(=O)NC1=O)C(=O)NC2=O. The minimum atomic E-state index is -0.704. The van der Waals surface area contributed by atoms with Gasteiger partial charge >= 0.3 is 0 Å². The van der Waals surface area contributed by atoms with E-state index in [0.29, 0.717) is 30.8 Å². The summed E-state index contributed by atoms with van der Waals surface area (Å²) in [4.78, 5) is 48.5. The lowest BCUT2D eigenvalue weighted by molar-refractivity contribution is -0.134. The molecule has 0 aromatic heterocycles.